The maximum absolute atomic E-state index is 12.8. The van der Waals surface area contributed by atoms with Crippen LogP contribution >= 0.6 is 0 Å². The van der Waals surface area contributed by atoms with Gasteiger partial charge in [-0.2, -0.15) is 4.31 Å². The fourth-order valence-corrected chi connectivity index (χ4v) is 4.81. The third-order valence-corrected chi connectivity index (χ3v) is 6.91. The van der Waals surface area contributed by atoms with Gasteiger partial charge in [-0.05, 0) is 61.4 Å². The summed E-state index contributed by atoms with van der Waals surface area (Å²) in [5.41, 5.74) is 1.28. The third kappa shape index (κ3) is 5.17. The highest BCUT2D eigenvalue weighted by molar-refractivity contribution is 7.89. The van der Waals surface area contributed by atoms with E-state index in [1.165, 1.54) is 30.5 Å². The zero-order valence-corrected chi connectivity index (χ0v) is 17.7. The molecule has 2 amide bonds. The minimum atomic E-state index is -3.60. The molecule has 2 aromatic rings. The molecule has 2 N–H and O–H groups in total. The lowest BCUT2D eigenvalue weighted by molar-refractivity contribution is -0.121. The molecule has 0 saturated carbocycles. The third-order valence-electron chi connectivity index (χ3n) is 4.99. The van der Waals surface area contributed by atoms with Crippen molar-refractivity contribution in [3.8, 4) is 5.75 Å². The molecule has 0 aromatic heterocycles. The van der Waals surface area contributed by atoms with E-state index >= 15 is 0 Å². The Hall–Kier alpha value is -2.91. The molecule has 0 aliphatic carbocycles. The van der Waals surface area contributed by atoms with Crippen LogP contribution in [0.5, 0.6) is 5.75 Å². The van der Waals surface area contributed by atoms with Crippen molar-refractivity contribution < 1.29 is 22.7 Å². The number of carbonyl (C=O) groups is 2. The van der Waals surface area contributed by atoms with Crippen LogP contribution in [-0.4, -0.2) is 44.7 Å². The lowest BCUT2D eigenvalue weighted by atomic mass is 9.97. The van der Waals surface area contributed by atoms with Gasteiger partial charge >= 0.3 is 0 Å². The van der Waals surface area contributed by atoms with Gasteiger partial charge in [-0.25, -0.2) is 8.42 Å². The molecule has 0 atom stereocenters. The normalized spacial score (nSPS) is 15.4. The first-order valence-electron chi connectivity index (χ1n) is 9.62. The molecule has 160 valence electrons. The second-order valence-corrected chi connectivity index (χ2v) is 9.04. The lowest BCUT2D eigenvalue weighted by Crippen LogP contribution is -2.41. The fourth-order valence-electron chi connectivity index (χ4n) is 3.34. The van der Waals surface area contributed by atoms with Crippen LogP contribution in [0.4, 0.5) is 11.4 Å². The van der Waals surface area contributed by atoms with Crippen LogP contribution in [-0.2, 0) is 19.6 Å². The standard InChI is InChI=1S/C21H25N3O5S/c1-15(25)22-17-3-5-18(6-4-17)23-21(26)16-11-13-24(14-12-16)30(27,28)20-9-7-19(29-2)8-10-20/h3-10,16H,11-14H2,1-2H3,(H,22,25)(H,23,26). The quantitative estimate of drug-likeness (QED) is 0.732. The number of sulfonamides is 1. The summed E-state index contributed by atoms with van der Waals surface area (Å²) >= 11 is 0. The number of ether oxygens (including phenoxy) is 1. The van der Waals surface area contributed by atoms with E-state index in [-0.39, 0.29) is 35.7 Å². The molecule has 30 heavy (non-hydrogen) atoms. The van der Waals surface area contributed by atoms with E-state index < -0.39 is 10.0 Å². The van der Waals surface area contributed by atoms with E-state index in [0.717, 1.165) is 0 Å². The Labute approximate surface area is 176 Å². The first kappa shape index (κ1) is 21.8. The molecular formula is C21H25N3O5S. The summed E-state index contributed by atoms with van der Waals surface area (Å²) in [5.74, 6) is 0.0312. The van der Waals surface area contributed by atoms with E-state index in [4.69, 9.17) is 4.74 Å². The van der Waals surface area contributed by atoms with Crippen molar-refractivity contribution in [3.05, 3.63) is 48.5 Å². The SMILES string of the molecule is COc1ccc(S(=O)(=O)N2CCC(C(=O)Nc3ccc(NC(C)=O)cc3)CC2)cc1. The van der Waals surface area contributed by atoms with Crippen molar-refractivity contribution in [2.45, 2.75) is 24.7 Å². The van der Waals surface area contributed by atoms with Crippen LogP contribution in [0.3, 0.4) is 0 Å². The maximum Gasteiger partial charge on any atom is 0.243 e. The average Bonchev–Trinajstić information content (AvgIpc) is 2.75. The molecule has 1 heterocycles. The van der Waals surface area contributed by atoms with Crippen LogP contribution in [0.15, 0.2) is 53.4 Å². The topological polar surface area (TPSA) is 105 Å². The second kappa shape index (κ2) is 9.27. The molecule has 0 radical (unpaired) electrons. The highest BCUT2D eigenvalue weighted by Crippen LogP contribution is 2.26. The van der Waals surface area contributed by atoms with Gasteiger partial charge in [-0.15, -0.1) is 0 Å². The van der Waals surface area contributed by atoms with E-state index in [9.17, 15) is 18.0 Å². The van der Waals surface area contributed by atoms with Crippen LogP contribution in [0, 0.1) is 5.92 Å². The molecular weight excluding hydrogens is 406 g/mol. The first-order valence-corrected chi connectivity index (χ1v) is 11.1. The Morgan fingerprint density at radius 2 is 1.47 bits per heavy atom. The minimum Gasteiger partial charge on any atom is -0.497 e. The number of anilines is 2. The lowest BCUT2D eigenvalue weighted by Gasteiger charge is -2.30. The van der Waals surface area contributed by atoms with Gasteiger partial charge in [0.2, 0.25) is 21.8 Å². The zero-order valence-electron chi connectivity index (χ0n) is 16.9. The largest absolute Gasteiger partial charge is 0.497 e. The summed E-state index contributed by atoms with van der Waals surface area (Å²) in [6, 6.07) is 13.1. The summed E-state index contributed by atoms with van der Waals surface area (Å²) < 4.78 is 32.1. The number of benzene rings is 2. The fraction of sp³-hybridized carbons (Fsp3) is 0.333. The van der Waals surface area contributed by atoms with Crippen molar-refractivity contribution in [1.29, 1.82) is 0 Å². The number of piperidine rings is 1. The summed E-state index contributed by atoms with van der Waals surface area (Å²) in [4.78, 5) is 23.8. The Kier molecular flexibility index (Phi) is 6.73. The van der Waals surface area contributed by atoms with Gasteiger partial charge in [0.25, 0.3) is 0 Å². The number of amides is 2. The molecule has 9 heteroatoms. The molecule has 0 spiro atoms. The number of hydrogen-bond acceptors (Lipinski definition) is 5. The predicted molar refractivity (Wildman–Crippen MR) is 114 cm³/mol. The van der Waals surface area contributed by atoms with Crippen LogP contribution in [0.1, 0.15) is 19.8 Å². The van der Waals surface area contributed by atoms with Gasteiger partial charge in [0.1, 0.15) is 5.75 Å². The highest BCUT2D eigenvalue weighted by Gasteiger charge is 2.32. The second-order valence-electron chi connectivity index (χ2n) is 7.10. The molecule has 0 unspecified atom stereocenters. The van der Waals surface area contributed by atoms with Crippen molar-refractivity contribution in [1.82, 2.24) is 4.31 Å². The number of nitrogens with zero attached hydrogens (tertiary/aromatic N) is 1. The summed E-state index contributed by atoms with van der Waals surface area (Å²) in [6.07, 6.45) is 0.899. The first-order chi connectivity index (χ1) is 14.3. The van der Waals surface area contributed by atoms with Crippen LogP contribution in [0.2, 0.25) is 0 Å². The van der Waals surface area contributed by atoms with E-state index in [1.807, 2.05) is 0 Å². The van der Waals surface area contributed by atoms with Crippen molar-refractivity contribution in [3.63, 3.8) is 0 Å². The Balaban J connectivity index is 1.56. The van der Waals surface area contributed by atoms with Gasteiger partial charge in [-0.1, -0.05) is 0 Å². The summed E-state index contributed by atoms with van der Waals surface area (Å²) in [7, 11) is -2.07. The van der Waals surface area contributed by atoms with Crippen molar-refractivity contribution in [2.24, 2.45) is 5.92 Å². The van der Waals surface area contributed by atoms with Crippen LogP contribution in [0.25, 0.3) is 0 Å². The molecule has 0 bridgehead atoms. The maximum atomic E-state index is 12.8. The number of carbonyl (C=O) groups excluding carboxylic acids is 2. The predicted octanol–water partition coefficient (Wildman–Crippen LogP) is 2.69. The molecule has 3 rings (SSSR count). The van der Waals surface area contributed by atoms with Crippen molar-refractivity contribution in [2.75, 3.05) is 30.8 Å². The summed E-state index contributed by atoms with van der Waals surface area (Å²) in [5, 5.41) is 5.52. The molecule has 1 fully saturated rings. The molecule has 1 aliphatic heterocycles. The van der Waals surface area contributed by atoms with Gasteiger partial charge in [-0.3, -0.25) is 9.59 Å². The molecule has 8 nitrogen and oxygen atoms in total. The van der Waals surface area contributed by atoms with E-state index in [0.29, 0.717) is 30.0 Å². The number of nitrogens with one attached hydrogen (secondary N) is 2. The van der Waals surface area contributed by atoms with Gasteiger partial charge in [0.15, 0.2) is 0 Å². The van der Waals surface area contributed by atoms with Gasteiger partial charge in [0, 0.05) is 37.3 Å². The highest BCUT2D eigenvalue weighted by atomic mass is 32.2. The molecule has 1 saturated heterocycles. The monoisotopic (exact) mass is 431 g/mol. The summed E-state index contributed by atoms with van der Waals surface area (Å²) in [6.45, 7) is 2.00. The Morgan fingerprint density at radius 1 is 0.933 bits per heavy atom. The number of hydrogen-bond donors (Lipinski definition) is 2. The average molecular weight is 432 g/mol. The number of rotatable bonds is 6. The zero-order chi connectivity index (χ0) is 21.7. The molecule has 1 aliphatic rings. The number of methoxy groups -OCH3 is 1. The Bertz CT molecular complexity index is 996. The van der Waals surface area contributed by atoms with E-state index in [1.54, 1.807) is 36.4 Å². The minimum absolute atomic E-state index is 0.135. The Morgan fingerprint density at radius 3 is 1.97 bits per heavy atom. The van der Waals surface area contributed by atoms with E-state index in [2.05, 4.69) is 10.6 Å². The van der Waals surface area contributed by atoms with Gasteiger partial charge < -0.3 is 15.4 Å². The van der Waals surface area contributed by atoms with Crippen molar-refractivity contribution >= 4 is 33.2 Å². The van der Waals surface area contributed by atoms with Gasteiger partial charge in [0.05, 0.1) is 12.0 Å². The molecule has 2 aromatic carbocycles. The smallest absolute Gasteiger partial charge is 0.243 e. The van der Waals surface area contributed by atoms with Crippen LogP contribution < -0.4 is 15.4 Å².